The Bertz CT molecular complexity index is 503. The van der Waals surface area contributed by atoms with Crippen molar-refractivity contribution in [2.75, 3.05) is 6.26 Å². The van der Waals surface area contributed by atoms with Crippen molar-refractivity contribution in [2.24, 2.45) is 11.3 Å². The Hall–Kier alpha value is -0.0200. The standard InChI is InChI=1S/C10H13BrClF3O4S/c1-8(2)5(6(8)19-4-16)7(20(3,17)18)9(11,12)10(13,14)15/h4-7H,1-3H3. The second kappa shape index (κ2) is 5.01. The molecule has 1 saturated carbocycles. The van der Waals surface area contributed by atoms with Gasteiger partial charge < -0.3 is 4.74 Å². The highest BCUT2D eigenvalue weighted by molar-refractivity contribution is 9.10. The van der Waals surface area contributed by atoms with Gasteiger partial charge in [-0.25, -0.2) is 8.42 Å². The van der Waals surface area contributed by atoms with Crippen LogP contribution in [0.4, 0.5) is 13.2 Å². The van der Waals surface area contributed by atoms with Crippen molar-refractivity contribution >= 4 is 43.8 Å². The van der Waals surface area contributed by atoms with Gasteiger partial charge in [0.15, 0.2) is 9.84 Å². The van der Waals surface area contributed by atoms with Crippen LogP contribution in [0, 0.1) is 11.3 Å². The van der Waals surface area contributed by atoms with E-state index < -0.39 is 42.5 Å². The zero-order valence-corrected chi connectivity index (χ0v) is 13.9. The van der Waals surface area contributed by atoms with E-state index in [1.165, 1.54) is 13.8 Å². The van der Waals surface area contributed by atoms with E-state index in [0.717, 1.165) is 0 Å². The van der Waals surface area contributed by atoms with Gasteiger partial charge in [-0.1, -0.05) is 41.4 Å². The van der Waals surface area contributed by atoms with E-state index in [0.29, 0.717) is 6.26 Å². The van der Waals surface area contributed by atoms with E-state index in [9.17, 15) is 26.4 Å². The molecule has 4 nitrogen and oxygen atoms in total. The third-order valence-electron chi connectivity index (χ3n) is 3.53. The molecule has 0 amide bonds. The molecule has 118 valence electrons. The minimum Gasteiger partial charge on any atom is -0.464 e. The van der Waals surface area contributed by atoms with Crippen molar-refractivity contribution < 1.29 is 31.1 Å². The fourth-order valence-corrected chi connectivity index (χ4v) is 6.04. The van der Waals surface area contributed by atoms with Crippen LogP contribution in [-0.2, 0) is 19.4 Å². The number of hydrogen-bond acceptors (Lipinski definition) is 4. The zero-order valence-electron chi connectivity index (χ0n) is 10.7. The minimum atomic E-state index is -4.99. The van der Waals surface area contributed by atoms with Gasteiger partial charge in [0.1, 0.15) is 11.4 Å². The van der Waals surface area contributed by atoms with Gasteiger partial charge in [0.2, 0.25) is 3.78 Å². The first kappa shape index (κ1) is 18.0. The van der Waals surface area contributed by atoms with Crippen LogP contribution in [0.2, 0.25) is 0 Å². The van der Waals surface area contributed by atoms with Crippen LogP contribution in [0.3, 0.4) is 0 Å². The summed E-state index contributed by atoms with van der Waals surface area (Å²) in [5.74, 6) is -1.05. The summed E-state index contributed by atoms with van der Waals surface area (Å²) >= 11 is 7.75. The summed E-state index contributed by atoms with van der Waals surface area (Å²) in [5.41, 5.74) is -0.909. The number of carbonyl (C=O) groups is 1. The average molecular weight is 402 g/mol. The number of hydrogen-bond donors (Lipinski definition) is 0. The van der Waals surface area contributed by atoms with Crippen molar-refractivity contribution in [2.45, 2.75) is 35.2 Å². The normalized spacial score (nSPS) is 30.2. The van der Waals surface area contributed by atoms with Crippen LogP contribution in [0.15, 0.2) is 0 Å². The monoisotopic (exact) mass is 400 g/mol. The Balaban J connectivity index is 3.29. The Morgan fingerprint density at radius 3 is 2.15 bits per heavy atom. The maximum atomic E-state index is 13.0. The molecular weight excluding hydrogens is 389 g/mol. The Morgan fingerprint density at radius 2 is 1.85 bits per heavy atom. The first-order valence-electron chi connectivity index (χ1n) is 5.41. The van der Waals surface area contributed by atoms with Crippen molar-refractivity contribution in [3.63, 3.8) is 0 Å². The molecular formula is C10H13BrClF3O4S. The van der Waals surface area contributed by atoms with E-state index in [2.05, 4.69) is 20.7 Å². The molecule has 0 spiro atoms. The minimum absolute atomic E-state index is 0.0868. The van der Waals surface area contributed by atoms with Gasteiger partial charge >= 0.3 is 6.18 Å². The zero-order chi connectivity index (χ0) is 16.1. The summed E-state index contributed by atoms with van der Waals surface area (Å²) in [6.45, 7) is 3.12. The van der Waals surface area contributed by atoms with E-state index in [1.54, 1.807) is 0 Å². The highest BCUT2D eigenvalue weighted by Gasteiger charge is 2.74. The number of alkyl halides is 5. The second-order valence-electron chi connectivity index (χ2n) is 5.37. The lowest BCUT2D eigenvalue weighted by molar-refractivity contribution is -0.139. The molecule has 0 radical (unpaired) electrons. The molecule has 1 aliphatic rings. The molecule has 1 fully saturated rings. The summed E-state index contributed by atoms with van der Waals surface area (Å²) in [5, 5.41) is -1.98. The topological polar surface area (TPSA) is 60.4 Å². The summed E-state index contributed by atoms with van der Waals surface area (Å²) in [7, 11) is -4.16. The summed E-state index contributed by atoms with van der Waals surface area (Å²) in [6, 6.07) is 0. The average Bonchev–Trinajstić information content (AvgIpc) is 2.66. The molecule has 0 aromatic carbocycles. The van der Waals surface area contributed by atoms with Crippen LogP contribution >= 0.6 is 27.5 Å². The van der Waals surface area contributed by atoms with Gasteiger partial charge in [0, 0.05) is 17.6 Å². The van der Waals surface area contributed by atoms with E-state index in [-0.39, 0.29) is 6.47 Å². The van der Waals surface area contributed by atoms with E-state index in [1.807, 2.05) is 0 Å². The summed E-state index contributed by atoms with van der Waals surface area (Å²) < 4.78 is 64.1. The fourth-order valence-electron chi connectivity index (χ4n) is 2.42. The summed E-state index contributed by atoms with van der Waals surface area (Å²) in [6.07, 6.45) is -5.25. The van der Waals surface area contributed by atoms with Gasteiger partial charge in [-0.15, -0.1) is 0 Å². The first-order valence-corrected chi connectivity index (χ1v) is 8.54. The number of ether oxygens (including phenoxy) is 1. The highest BCUT2D eigenvalue weighted by atomic mass is 79.9. The number of halogens is 5. The molecule has 4 unspecified atom stereocenters. The van der Waals surface area contributed by atoms with E-state index >= 15 is 0 Å². The maximum Gasteiger partial charge on any atom is 0.418 e. The van der Waals surface area contributed by atoms with Crippen molar-refractivity contribution in [1.82, 2.24) is 0 Å². The van der Waals surface area contributed by atoms with Crippen molar-refractivity contribution in [3.05, 3.63) is 0 Å². The molecule has 1 rings (SSSR count). The third-order valence-corrected chi connectivity index (χ3v) is 6.93. The highest BCUT2D eigenvalue weighted by Crippen LogP contribution is 2.62. The fraction of sp³-hybridized carbons (Fsp3) is 0.900. The lowest BCUT2D eigenvalue weighted by atomic mass is 10.1. The number of rotatable bonds is 5. The van der Waals surface area contributed by atoms with Gasteiger partial charge in [0.25, 0.3) is 6.47 Å². The quantitative estimate of drug-likeness (QED) is 0.525. The van der Waals surface area contributed by atoms with Gasteiger partial charge in [0.05, 0.1) is 0 Å². The second-order valence-corrected chi connectivity index (χ2v) is 9.84. The van der Waals surface area contributed by atoms with Gasteiger partial charge in [-0.2, -0.15) is 13.2 Å². The van der Waals surface area contributed by atoms with Crippen LogP contribution < -0.4 is 0 Å². The van der Waals surface area contributed by atoms with Gasteiger partial charge in [-0.05, 0) is 0 Å². The number of sulfone groups is 1. The lowest BCUT2D eigenvalue weighted by Crippen LogP contribution is -2.50. The molecule has 4 atom stereocenters. The Kier molecular flexibility index (Phi) is 4.52. The summed E-state index contributed by atoms with van der Waals surface area (Å²) in [4.78, 5) is 10.4. The van der Waals surface area contributed by atoms with Crippen molar-refractivity contribution in [3.8, 4) is 0 Å². The van der Waals surface area contributed by atoms with E-state index in [4.69, 9.17) is 11.6 Å². The largest absolute Gasteiger partial charge is 0.464 e. The molecule has 10 heteroatoms. The number of carbonyl (C=O) groups excluding carboxylic acids is 1. The van der Waals surface area contributed by atoms with Crippen molar-refractivity contribution in [1.29, 1.82) is 0 Å². The Labute approximate surface area is 128 Å². The predicted molar refractivity (Wildman–Crippen MR) is 70.4 cm³/mol. The van der Waals surface area contributed by atoms with Gasteiger partial charge in [-0.3, -0.25) is 4.79 Å². The molecule has 0 heterocycles. The maximum absolute atomic E-state index is 13.0. The molecule has 0 bridgehead atoms. The van der Waals surface area contributed by atoms with Crippen LogP contribution in [0.1, 0.15) is 13.8 Å². The smallest absolute Gasteiger partial charge is 0.418 e. The van der Waals surface area contributed by atoms with Crippen LogP contribution in [0.25, 0.3) is 0 Å². The molecule has 0 saturated heterocycles. The molecule has 0 aromatic heterocycles. The molecule has 0 N–H and O–H groups in total. The lowest BCUT2D eigenvalue weighted by Gasteiger charge is -2.31. The van der Waals surface area contributed by atoms with Crippen LogP contribution in [-0.4, -0.2) is 42.5 Å². The predicted octanol–water partition coefficient (Wildman–Crippen LogP) is 2.49. The molecule has 20 heavy (non-hydrogen) atoms. The Morgan fingerprint density at radius 1 is 1.40 bits per heavy atom. The molecule has 1 aliphatic carbocycles. The first-order chi connectivity index (χ1) is 8.69. The molecule has 0 aromatic rings. The molecule has 0 aliphatic heterocycles. The van der Waals surface area contributed by atoms with Crippen LogP contribution in [0.5, 0.6) is 0 Å². The SMILES string of the molecule is CC1(C)C(OC=O)C1C(C(Cl)(Br)C(F)(F)F)S(C)(=O)=O. The third kappa shape index (κ3) is 2.94.